The van der Waals surface area contributed by atoms with Crippen LogP contribution in [0.25, 0.3) is 11.1 Å². The zero-order chi connectivity index (χ0) is 13.8. The normalized spacial score (nSPS) is 10.6. The number of hydrogen-bond donors (Lipinski definition) is 2. The van der Waals surface area contributed by atoms with Gasteiger partial charge >= 0.3 is 0 Å². The Balaban J connectivity index is 2.50. The van der Waals surface area contributed by atoms with Crippen LogP contribution < -0.4 is 11.5 Å². The lowest BCUT2D eigenvalue weighted by Crippen LogP contribution is -2.03. The average Bonchev–Trinajstić information content (AvgIpc) is 2.38. The maximum absolute atomic E-state index is 6.09. The predicted octanol–water partition coefficient (Wildman–Crippen LogP) is 3.02. The number of anilines is 2. The number of methoxy groups -OCH3 is 1. The van der Waals surface area contributed by atoms with Crippen molar-refractivity contribution in [3.63, 3.8) is 0 Å². The van der Waals surface area contributed by atoms with Crippen LogP contribution in [0.2, 0.25) is 0 Å². The molecule has 19 heavy (non-hydrogen) atoms. The van der Waals surface area contributed by atoms with E-state index < -0.39 is 0 Å². The predicted molar refractivity (Wildman–Crippen MR) is 81.0 cm³/mol. The molecule has 0 unspecified atom stereocenters. The first kappa shape index (κ1) is 13.4. The molecule has 3 nitrogen and oxygen atoms in total. The summed E-state index contributed by atoms with van der Waals surface area (Å²) in [5.74, 6) is 0. The lowest BCUT2D eigenvalue weighted by Gasteiger charge is -2.14. The highest BCUT2D eigenvalue weighted by molar-refractivity contribution is 5.77. The van der Waals surface area contributed by atoms with Crippen molar-refractivity contribution < 1.29 is 4.74 Å². The van der Waals surface area contributed by atoms with Crippen LogP contribution in [-0.2, 0) is 11.2 Å². The molecule has 2 aromatic rings. The fourth-order valence-electron chi connectivity index (χ4n) is 2.19. The first-order valence-corrected chi connectivity index (χ1v) is 6.35. The van der Waals surface area contributed by atoms with Crippen molar-refractivity contribution in [2.75, 3.05) is 25.2 Å². The van der Waals surface area contributed by atoms with Gasteiger partial charge < -0.3 is 16.2 Å². The Labute approximate surface area is 114 Å². The summed E-state index contributed by atoms with van der Waals surface area (Å²) in [7, 11) is 1.69. The van der Waals surface area contributed by atoms with Crippen LogP contribution in [0.1, 0.15) is 11.1 Å². The molecule has 4 N–H and O–H groups in total. The zero-order valence-electron chi connectivity index (χ0n) is 11.4. The van der Waals surface area contributed by atoms with Crippen molar-refractivity contribution in [1.29, 1.82) is 0 Å². The summed E-state index contributed by atoms with van der Waals surface area (Å²) in [6.45, 7) is 2.72. The molecule has 0 aliphatic rings. The molecule has 100 valence electrons. The smallest absolute Gasteiger partial charge is 0.0503 e. The molecule has 0 atom stereocenters. The lowest BCUT2D eigenvalue weighted by atomic mass is 9.95. The number of nitrogens with two attached hydrogens (primary N) is 2. The quantitative estimate of drug-likeness (QED) is 0.827. The van der Waals surface area contributed by atoms with Gasteiger partial charge in [-0.25, -0.2) is 0 Å². The molecule has 0 aliphatic carbocycles. The Morgan fingerprint density at radius 1 is 1.05 bits per heavy atom. The molecule has 2 aromatic carbocycles. The topological polar surface area (TPSA) is 61.3 Å². The van der Waals surface area contributed by atoms with Gasteiger partial charge in [0, 0.05) is 18.5 Å². The van der Waals surface area contributed by atoms with Crippen LogP contribution in [0.5, 0.6) is 0 Å². The summed E-state index contributed by atoms with van der Waals surface area (Å²) in [6.07, 6.45) is 0.784. The number of hydrogen-bond acceptors (Lipinski definition) is 3. The largest absolute Gasteiger partial charge is 0.399 e. The van der Waals surface area contributed by atoms with Crippen LogP contribution in [0, 0.1) is 6.92 Å². The van der Waals surface area contributed by atoms with Crippen LogP contribution in [0.3, 0.4) is 0 Å². The van der Waals surface area contributed by atoms with Gasteiger partial charge in [-0.1, -0.05) is 29.8 Å². The second-order valence-corrected chi connectivity index (χ2v) is 4.75. The highest BCUT2D eigenvalue weighted by Crippen LogP contribution is 2.31. The van der Waals surface area contributed by atoms with E-state index in [1.54, 1.807) is 7.11 Å². The van der Waals surface area contributed by atoms with Crippen LogP contribution in [-0.4, -0.2) is 13.7 Å². The van der Waals surface area contributed by atoms with Crippen molar-refractivity contribution in [1.82, 2.24) is 0 Å². The van der Waals surface area contributed by atoms with Gasteiger partial charge in [0.05, 0.1) is 6.61 Å². The molecular weight excluding hydrogens is 236 g/mol. The summed E-state index contributed by atoms with van der Waals surface area (Å²) in [5, 5.41) is 0. The van der Waals surface area contributed by atoms with Crippen molar-refractivity contribution in [3.8, 4) is 11.1 Å². The maximum atomic E-state index is 6.09. The maximum Gasteiger partial charge on any atom is 0.0503 e. The Morgan fingerprint density at radius 3 is 2.37 bits per heavy atom. The third-order valence-electron chi connectivity index (χ3n) is 3.23. The molecule has 3 heteroatoms. The van der Waals surface area contributed by atoms with Crippen LogP contribution >= 0.6 is 0 Å². The van der Waals surface area contributed by atoms with Gasteiger partial charge in [-0.3, -0.25) is 0 Å². The molecule has 0 radical (unpaired) electrons. The molecule has 0 saturated heterocycles. The minimum atomic E-state index is 0.646. The summed E-state index contributed by atoms with van der Waals surface area (Å²) >= 11 is 0. The Bertz CT molecular complexity index is 562. The van der Waals surface area contributed by atoms with Gasteiger partial charge in [-0.05, 0) is 42.2 Å². The molecule has 0 heterocycles. The van der Waals surface area contributed by atoms with E-state index in [-0.39, 0.29) is 0 Å². The second-order valence-electron chi connectivity index (χ2n) is 4.75. The van der Waals surface area contributed by atoms with Gasteiger partial charge in [0.25, 0.3) is 0 Å². The highest BCUT2D eigenvalue weighted by Gasteiger charge is 2.10. The van der Waals surface area contributed by atoms with E-state index in [9.17, 15) is 0 Å². The van der Waals surface area contributed by atoms with Crippen LogP contribution in [0.4, 0.5) is 11.4 Å². The van der Waals surface area contributed by atoms with Gasteiger partial charge in [0.1, 0.15) is 0 Å². The van der Waals surface area contributed by atoms with E-state index in [1.807, 2.05) is 12.1 Å². The number of nitrogen functional groups attached to an aromatic ring is 2. The third-order valence-corrected chi connectivity index (χ3v) is 3.23. The van der Waals surface area contributed by atoms with E-state index in [2.05, 4.69) is 31.2 Å². The van der Waals surface area contributed by atoms with Gasteiger partial charge in [-0.2, -0.15) is 0 Å². The minimum absolute atomic E-state index is 0.646. The number of aryl methyl sites for hydroxylation is 1. The molecule has 0 aromatic heterocycles. The van der Waals surface area contributed by atoms with Crippen molar-refractivity contribution in [3.05, 3.63) is 47.5 Å². The zero-order valence-corrected chi connectivity index (χ0v) is 11.4. The van der Waals surface area contributed by atoms with E-state index in [0.717, 1.165) is 28.8 Å². The molecule has 0 fully saturated rings. The fraction of sp³-hybridized carbons (Fsp3) is 0.250. The summed E-state index contributed by atoms with van der Waals surface area (Å²) < 4.78 is 5.15. The highest BCUT2D eigenvalue weighted by atomic mass is 16.5. The first-order chi connectivity index (χ1) is 9.11. The van der Waals surface area contributed by atoms with E-state index in [4.69, 9.17) is 16.2 Å². The first-order valence-electron chi connectivity index (χ1n) is 6.35. The summed E-state index contributed by atoms with van der Waals surface area (Å²) in [5.41, 5.74) is 18.0. The van der Waals surface area contributed by atoms with E-state index in [1.165, 1.54) is 5.56 Å². The molecule has 0 bridgehead atoms. The monoisotopic (exact) mass is 256 g/mol. The number of rotatable bonds is 4. The Morgan fingerprint density at radius 2 is 1.74 bits per heavy atom. The standard InChI is InChI=1S/C16H20N2O/c1-11-3-5-12(6-4-11)15-9-13(17)10-16(18)14(15)7-8-19-2/h3-6,9-10H,7-8,17-18H2,1-2H3. The SMILES string of the molecule is COCCc1c(N)cc(N)cc1-c1ccc(C)cc1. The van der Waals surface area contributed by atoms with Gasteiger partial charge in [0.15, 0.2) is 0 Å². The van der Waals surface area contributed by atoms with Crippen molar-refractivity contribution in [2.24, 2.45) is 0 Å². The van der Waals surface area contributed by atoms with Crippen molar-refractivity contribution in [2.45, 2.75) is 13.3 Å². The van der Waals surface area contributed by atoms with Gasteiger partial charge in [0.2, 0.25) is 0 Å². The molecule has 0 spiro atoms. The lowest BCUT2D eigenvalue weighted by molar-refractivity contribution is 0.202. The van der Waals surface area contributed by atoms with Crippen LogP contribution in [0.15, 0.2) is 36.4 Å². The molecule has 0 amide bonds. The average molecular weight is 256 g/mol. The number of ether oxygens (including phenoxy) is 1. The van der Waals surface area contributed by atoms with Gasteiger partial charge in [-0.15, -0.1) is 0 Å². The summed E-state index contributed by atoms with van der Waals surface area (Å²) in [6, 6.07) is 12.2. The van der Waals surface area contributed by atoms with Crippen molar-refractivity contribution >= 4 is 11.4 Å². The third kappa shape index (κ3) is 3.06. The fourth-order valence-corrected chi connectivity index (χ4v) is 2.19. The minimum Gasteiger partial charge on any atom is -0.399 e. The number of benzene rings is 2. The van der Waals surface area contributed by atoms with E-state index in [0.29, 0.717) is 12.3 Å². The molecule has 2 rings (SSSR count). The molecular formula is C16H20N2O. The molecule has 0 saturated carbocycles. The Kier molecular flexibility index (Phi) is 4.07. The van der Waals surface area contributed by atoms with E-state index >= 15 is 0 Å². The Hall–Kier alpha value is -2.00. The molecule has 0 aliphatic heterocycles. The summed E-state index contributed by atoms with van der Waals surface area (Å²) in [4.78, 5) is 0. The second kappa shape index (κ2) is 5.76.